The predicted molar refractivity (Wildman–Crippen MR) is 113 cm³/mol. The SMILES string of the molecule is CC(C)(C)N1CCN(C2CCC(Nc3ncnn4ccc(Br)c34)CC2)CC1. The third kappa shape index (κ3) is 4.15. The minimum atomic E-state index is 0.295. The number of rotatable bonds is 3. The molecular weight excluding hydrogens is 404 g/mol. The minimum absolute atomic E-state index is 0.295. The van der Waals surface area contributed by atoms with E-state index in [1.54, 1.807) is 6.33 Å². The zero-order valence-corrected chi connectivity index (χ0v) is 18.2. The molecule has 0 spiro atoms. The summed E-state index contributed by atoms with van der Waals surface area (Å²) in [5.74, 6) is 0.934. The summed E-state index contributed by atoms with van der Waals surface area (Å²) in [6.45, 7) is 11.8. The van der Waals surface area contributed by atoms with Gasteiger partial charge in [-0.05, 0) is 68.5 Å². The van der Waals surface area contributed by atoms with Crippen molar-refractivity contribution in [1.29, 1.82) is 0 Å². The van der Waals surface area contributed by atoms with E-state index in [2.05, 4.69) is 61.9 Å². The molecule has 7 heteroatoms. The van der Waals surface area contributed by atoms with E-state index in [1.165, 1.54) is 51.9 Å². The van der Waals surface area contributed by atoms with Crippen LogP contribution in [0.3, 0.4) is 0 Å². The number of hydrogen-bond donors (Lipinski definition) is 1. The van der Waals surface area contributed by atoms with Gasteiger partial charge in [0.05, 0.1) is 0 Å². The van der Waals surface area contributed by atoms with Crippen molar-refractivity contribution in [2.24, 2.45) is 0 Å². The van der Waals surface area contributed by atoms with E-state index in [1.807, 2.05) is 16.8 Å². The van der Waals surface area contributed by atoms with Gasteiger partial charge in [0.25, 0.3) is 0 Å². The lowest BCUT2D eigenvalue weighted by molar-refractivity contribution is 0.0325. The summed E-state index contributed by atoms with van der Waals surface area (Å²) in [4.78, 5) is 9.83. The first-order valence-corrected chi connectivity index (χ1v) is 10.9. The topological polar surface area (TPSA) is 48.7 Å². The first-order valence-electron chi connectivity index (χ1n) is 10.2. The number of halogens is 1. The van der Waals surface area contributed by atoms with Gasteiger partial charge in [0.1, 0.15) is 11.8 Å². The minimum Gasteiger partial charge on any atom is -0.365 e. The first-order chi connectivity index (χ1) is 12.9. The van der Waals surface area contributed by atoms with Gasteiger partial charge in [0, 0.05) is 54.5 Å². The molecule has 4 rings (SSSR count). The molecule has 148 valence electrons. The highest BCUT2D eigenvalue weighted by Gasteiger charge is 2.31. The molecule has 2 aromatic heterocycles. The third-order valence-electron chi connectivity index (χ3n) is 6.22. The van der Waals surface area contributed by atoms with E-state index in [9.17, 15) is 0 Å². The van der Waals surface area contributed by atoms with Crippen LogP contribution < -0.4 is 5.32 Å². The highest BCUT2D eigenvalue weighted by Crippen LogP contribution is 2.29. The fourth-order valence-corrected chi connectivity index (χ4v) is 5.05. The second-order valence-corrected chi connectivity index (χ2v) is 9.76. The number of anilines is 1. The standard InChI is InChI=1S/C20H31BrN6/c1-20(2,3)26-12-10-25(11-13-26)16-6-4-15(5-7-16)24-19-18-17(21)8-9-27(18)23-14-22-19/h8-9,14-16H,4-7,10-13H2,1-3H3,(H,22,23,24). The molecule has 1 saturated heterocycles. The number of hydrogen-bond acceptors (Lipinski definition) is 5. The van der Waals surface area contributed by atoms with Crippen molar-refractivity contribution in [2.75, 3.05) is 31.5 Å². The Morgan fingerprint density at radius 1 is 1.07 bits per heavy atom. The molecule has 1 saturated carbocycles. The number of fused-ring (bicyclic) bond motifs is 1. The van der Waals surface area contributed by atoms with Gasteiger partial charge in [-0.3, -0.25) is 9.80 Å². The summed E-state index contributed by atoms with van der Waals surface area (Å²) in [5, 5.41) is 7.95. The van der Waals surface area contributed by atoms with Crippen LogP contribution in [0.2, 0.25) is 0 Å². The molecule has 0 aromatic carbocycles. The molecule has 2 fully saturated rings. The van der Waals surface area contributed by atoms with Gasteiger partial charge in [-0.1, -0.05) is 0 Å². The summed E-state index contributed by atoms with van der Waals surface area (Å²) in [7, 11) is 0. The van der Waals surface area contributed by atoms with Crippen molar-refractivity contribution in [1.82, 2.24) is 24.4 Å². The number of piperazine rings is 1. The number of nitrogens with zero attached hydrogens (tertiary/aromatic N) is 5. The van der Waals surface area contributed by atoms with Crippen LogP contribution in [0.4, 0.5) is 5.82 Å². The Morgan fingerprint density at radius 3 is 2.44 bits per heavy atom. The summed E-state index contributed by atoms with van der Waals surface area (Å²) in [5.41, 5.74) is 1.32. The average molecular weight is 435 g/mol. The highest BCUT2D eigenvalue weighted by atomic mass is 79.9. The summed E-state index contributed by atoms with van der Waals surface area (Å²) in [6, 6.07) is 3.26. The number of nitrogens with one attached hydrogen (secondary N) is 1. The Bertz CT molecular complexity index is 766. The van der Waals surface area contributed by atoms with Gasteiger partial charge in [0.2, 0.25) is 0 Å². The quantitative estimate of drug-likeness (QED) is 0.798. The van der Waals surface area contributed by atoms with Gasteiger partial charge in [-0.25, -0.2) is 9.50 Å². The second-order valence-electron chi connectivity index (χ2n) is 8.91. The molecule has 0 radical (unpaired) electrons. The van der Waals surface area contributed by atoms with Crippen LogP contribution in [0.5, 0.6) is 0 Å². The van der Waals surface area contributed by atoms with Crippen molar-refractivity contribution >= 4 is 27.3 Å². The van der Waals surface area contributed by atoms with Crippen molar-refractivity contribution in [2.45, 2.75) is 64.1 Å². The van der Waals surface area contributed by atoms with E-state index in [0.717, 1.165) is 21.8 Å². The Kier molecular flexibility index (Phi) is 5.45. The van der Waals surface area contributed by atoms with E-state index < -0.39 is 0 Å². The molecule has 1 aliphatic carbocycles. The normalized spacial score (nSPS) is 25.8. The third-order valence-corrected chi connectivity index (χ3v) is 6.86. The van der Waals surface area contributed by atoms with Crippen LogP contribution in [-0.4, -0.2) is 68.2 Å². The lowest BCUT2D eigenvalue weighted by Crippen LogP contribution is -2.56. The van der Waals surface area contributed by atoms with Crippen molar-refractivity contribution < 1.29 is 0 Å². The number of aromatic nitrogens is 3. The van der Waals surface area contributed by atoms with E-state index >= 15 is 0 Å². The van der Waals surface area contributed by atoms with Crippen LogP contribution >= 0.6 is 15.9 Å². The second kappa shape index (κ2) is 7.68. The summed E-state index contributed by atoms with van der Waals surface area (Å²) >= 11 is 3.61. The Morgan fingerprint density at radius 2 is 1.78 bits per heavy atom. The fraction of sp³-hybridized carbons (Fsp3) is 0.700. The monoisotopic (exact) mass is 434 g/mol. The molecule has 0 unspecified atom stereocenters. The molecule has 1 N–H and O–H groups in total. The van der Waals surface area contributed by atoms with Crippen molar-refractivity contribution in [3.05, 3.63) is 23.1 Å². The van der Waals surface area contributed by atoms with Gasteiger partial charge in [-0.15, -0.1) is 0 Å². The maximum absolute atomic E-state index is 4.49. The molecule has 1 aliphatic heterocycles. The molecular formula is C20H31BrN6. The van der Waals surface area contributed by atoms with Crippen LogP contribution in [0.25, 0.3) is 5.52 Å². The molecule has 2 aromatic rings. The van der Waals surface area contributed by atoms with Gasteiger partial charge >= 0.3 is 0 Å². The molecule has 0 bridgehead atoms. The van der Waals surface area contributed by atoms with E-state index in [-0.39, 0.29) is 0 Å². The zero-order valence-electron chi connectivity index (χ0n) is 16.7. The maximum atomic E-state index is 4.49. The molecule has 2 aliphatic rings. The Labute approximate surface area is 170 Å². The van der Waals surface area contributed by atoms with Gasteiger partial charge in [-0.2, -0.15) is 5.10 Å². The first kappa shape index (κ1) is 19.2. The smallest absolute Gasteiger partial charge is 0.155 e. The Balaban J connectivity index is 1.31. The molecule has 0 atom stereocenters. The fourth-order valence-electron chi connectivity index (χ4n) is 4.56. The average Bonchev–Trinajstić information content (AvgIpc) is 3.04. The summed E-state index contributed by atoms with van der Waals surface area (Å²) in [6.07, 6.45) is 8.55. The van der Waals surface area contributed by atoms with Gasteiger partial charge < -0.3 is 5.32 Å². The zero-order chi connectivity index (χ0) is 19.0. The highest BCUT2D eigenvalue weighted by molar-refractivity contribution is 9.10. The van der Waals surface area contributed by atoms with Gasteiger partial charge in [0.15, 0.2) is 5.82 Å². The van der Waals surface area contributed by atoms with Crippen LogP contribution in [0.1, 0.15) is 46.5 Å². The predicted octanol–water partition coefficient (Wildman–Crippen LogP) is 3.63. The maximum Gasteiger partial charge on any atom is 0.155 e. The summed E-state index contributed by atoms with van der Waals surface area (Å²) < 4.78 is 2.91. The van der Waals surface area contributed by atoms with Crippen molar-refractivity contribution in [3.8, 4) is 0 Å². The molecule has 27 heavy (non-hydrogen) atoms. The molecule has 0 amide bonds. The van der Waals surface area contributed by atoms with Crippen molar-refractivity contribution in [3.63, 3.8) is 0 Å². The largest absolute Gasteiger partial charge is 0.365 e. The Hall–Kier alpha value is -1.18. The van der Waals surface area contributed by atoms with Crippen LogP contribution in [-0.2, 0) is 0 Å². The molecule has 6 nitrogen and oxygen atoms in total. The lowest BCUT2D eigenvalue weighted by Gasteiger charge is -2.46. The lowest BCUT2D eigenvalue weighted by atomic mass is 9.89. The van der Waals surface area contributed by atoms with E-state index in [0.29, 0.717) is 11.6 Å². The van der Waals surface area contributed by atoms with E-state index in [4.69, 9.17) is 0 Å². The molecule has 3 heterocycles. The van der Waals surface area contributed by atoms with Crippen LogP contribution in [0, 0.1) is 0 Å². The van der Waals surface area contributed by atoms with Crippen LogP contribution in [0.15, 0.2) is 23.1 Å².